The maximum Gasteiger partial charge on any atom is 0.0724 e. The zero-order valence-corrected chi connectivity index (χ0v) is 12.8. The second kappa shape index (κ2) is 6.28. The number of methoxy groups -OCH3 is 1. The van der Waals surface area contributed by atoms with E-state index < -0.39 is 0 Å². The second-order valence-electron chi connectivity index (χ2n) is 6.44. The Morgan fingerprint density at radius 2 is 1.90 bits per heavy atom. The molecule has 20 heavy (non-hydrogen) atoms. The summed E-state index contributed by atoms with van der Waals surface area (Å²) in [6, 6.07) is 8.04. The molecular weight excluding hydrogens is 246 g/mol. The zero-order chi connectivity index (χ0) is 13.9. The summed E-state index contributed by atoms with van der Waals surface area (Å²) in [5.41, 5.74) is 4.59. The standard InChI is InChI=1S/C18H27NO/c1-13(19-17-8-5-9-18(17)20-2)15-11-10-14-6-3-4-7-16(14)12-15/h10-13,17-19H,3-9H2,1-2H3. The first kappa shape index (κ1) is 14.1. The van der Waals surface area contributed by atoms with Crippen LogP contribution in [0.3, 0.4) is 0 Å². The Morgan fingerprint density at radius 1 is 1.10 bits per heavy atom. The first-order chi connectivity index (χ1) is 9.78. The summed E-state index contributed by atoms with van der Waals surface area (Å²) in [6.07, 6.45) is 9.37. The number of nitrogens with one attached hydrogen (secondary N) is 1. The van der Waals surface area contributed by atoms with Crippen molar-refractivity contribution in [3.8, 4) is 0 Å². The lowest BCUT2D eigenvalue weighted by molar-refractivity contribution is 0.0820. The van der Waals surface area contributed by atoms with Gasteiger partial charge in [0.2, 0.25) is 0 Å². The molecule has 0 aromatic heterocycles. The number of hydrogen-bond acceptors (Lipinski definition) is 2. The Morgan fingerprint density at radius 3 is 2.70 bits per heavy atom. The largest absolute Gasteiger partial charge is 0.380 e. The Kier molecular flexibility index (Phi) is 4.42. The van der Waals surface area contributed by atoms with Gasteiger partial charge in [-0.1, -0.05) is 18.2 Å². The Labute approximate surface area is 122 Å². The van der Waals surface area contributed by atoms with Gasteiger partial charge in [0.15, 0.2) is 0 Å². The SMILES string of the molecule is COC1CCCC1NC(C)c1ccc2c(c1)CCCC2. The van der Waals surface area contributed by atoms with Gasteiger partial charge in [0, 0.05) is 19.2 Å². The summed E-state index contributed by atoms with van der Waals surface area (Å²) in [7, 11) is 1.84. The second-order valence-corrected chi connectivity index (χ2v) is 6.44. The van der Waals surface area contributed by atoms with Crippen LogP contribution >= 0.6 is 0 Å². The molecule has 2 aliphatic rings. The van der Waals surface area contributed by atoms with Crippen molar-refractivity contribution >= 4 is 0 Å². The van der Waals surface area contributed by atoms with Crippen LogP contribution in [0.1, 0.15) is 61.8 Å². The average Bonchev–Trinajstić information content (AvgIpc) is 2.94. The Hall–Kier alpha value is -0.860. The van der Waals surface area contributed by atoms with Crippen molar-refractivity contribution in [2.24, 2.45) is 0 Å². The molecule has 2 nitrogen and oxygen atoms in total. The van der Waals surface area contributed by atoms with Gasteiger partial charge < -0.3 is 10.1 Å². The van der Waals surface area contributed by atoms with E-state index in [2.05, 4.69) is 30.4 Å². The summed E-state index contributed by atoms with van der Waals surface area (Å²) in [5.74, 6) is 0. The monoisotopic (exact) mass is 273 g/mol. The van der Waals surface area contributed by atoms with Crippen molar-refractivity contribution in [3.63, 3.8) is 0 Å². The molecule has 0 saturated heterocycles. The highest BCUT2D eigenvalue weighted by Gasteiger charge is 2.28. The van der Waals surface area contributed by atoms with Crippen LogP contribution in [0.2, 0.25) is 0 Å². The van der Waals surface area contributed by atoms with Crippen molar-refractivity contribution in [1.29, 1.82) is 0 Å². The maximum absolute atomic E-state index is 5.59. The molecule has 1 fully saturated rings. The maximum atomic E-state index is 5.59. The lowest BCUT2D eigenvalue weighted by Gasteiger charge is -2.25. The molecule has 1 saturated carbocycles. The van der Waals surface area contributed by atoms with E-state index in [1.807, 2.05) is 7.11 Å². The lowest BCUT2D eigenvalue weighted by atomic mass is 9.89. The molecule has 2 aliphatic carbocycles. The fourth-order valence-corrected chi connectivity index (χ4v) is 3.84. The molecule has 0 bridgehead atoms. The number of rotatable bonds is 4. The van der Waals surface area contributed by atoms with Crippen LogP contribution in [0.15, 0.2) is 18.2 Å². The quantitative estimate of drug-likeness (QED) is 0.901. The van der Waals surface area contributed by atoms with Crippen molar-refractivity contribution in [2.75, 3.05) is 7.11 Å². The van der Waals surface area contributed by atoms with E-state index in [1.54, 1.807) is 11.1 Å². The summed E-state index contributed by atoms with van der Waals surface area (Å²) < 4.78 is 5.59. The molecule has 3 unspecified atom stereocenters. The van der Waals surface area contributed by atoms with E-state index in [9.17, 15) is 0 Å². The number of hydrogen-bond donors (Lipinski definition) is 1. The van der Waals surface area contributed by atoms with Crippen LogP contribution < -0.4 is 5.32 Å². The van der Waals surface area contributed by atoms with E-state index in [0.717, 1.165) is 0 Å². The van der Waals surface area contributed by atoms with Gasteiger partial charge in [0.05, 0.1) is 6.10 Å². The van der Waals surface area contributed by atoms with Gasteiger partial charge in [-0.2, -0.15) is 0 Å². The average molecular weight is 273 g/mol. The van der Waals surface area contributed by atoms with Crippen LogP contribution in [-0.4, -0.2) is 19.3 Å². The first-order valence-corrected chi connectivity index (χ1v) is 8.18. The molecule has 3 rings (SSSR count). The Balaban J connectivity index is 1.69. The normalized spacial score (nSPS) is 27.3. The van der Waals surface area contributed by atoms with Crippen LogP contribution in [0.5, 0.6) is 0 Å². The summed E-state index contributed by atoms with van der Waals surface area (Å²) in [5, 5.41) is 3.78. The summed E-state index contributed by atoms with van der Waals surface area (Å²) in [6.45, 7) is 2.29. The fourth-order valence-electron chi connectivity index (χ4n) is 3.84. The van der Waals surface area contributed by atoms with Crippen molar-refractivity contribution in [2.45, 2.75) is 70.1 Å². The molecule has 0 heterocycles. The van der Waals surface area contributed by atoms with E-state index in [-0.39, 0.29) is 0 Å². The number of ether oxygens (including phenoxy) is 1. The third kappa shape index (κ3) is 2.91. The van der Waals surface area contributed by atoms with E-state index >= 15 is 0 Å². The van der Waals surface area contributed by atoms with Crippen molar-refractivity contribution in [1.82, 2.24) is 5.32 Å². The molecule has 1 aromatic rings. The third-order valence-corrected chi connectivity index (χ3v) is 5.09. The van der Waals surface area contributed by atoms with Crippen LogP contribution in [-0.2, 0) is 17.6 Å². The van der Waals surface area contributed by atoms with Gasteiger partial charge in [-0.3, -0.25) is 0 Å². The van der Waals surface area contributed by atoms with Crippen LogP contribution in [0.4, 0.5) is 0 Å². The minimum atomic E-state index is 0.398. The molecule has 2 heteroatoms. The van der Waals surface area contributed by atoms with Gasteiger partial charge in [-0.25, -0.2) is 0 Å². The molecule has 0 aliphatic heterocycles. The molecule has 1 aromatic carbocycles. The number of fused-ring (bicyclic) bond motifs is 1. The number of aryl methyl sites for hydroxylation is 2. The van der Waals surface area contributed by atoms with Gasteiger partial charge in [0.1, 0.15) is 0 Å². The summed E-state index contributed by atoms with van der Waals surface area (Å²) in [4.78, 5) is 0. The predicted molar refractivity (Wildman–Crippen MR) is 83.1 cm³/mol. The molecule has 0 radical (unpaired) electrons. The van der Waals surface area contributed by atoms with Crippen molar-refractivity contribution < 1.29 is 4.74 Å². The Bertz CT molecular complexity index is 457. The molecule has 0 spiro atoms. The number of benzene rings is 1. The molecule has 1 N–H and O–H groups in total. The smallest absolute Gasteiger partial charge is 0.0724 e. The lowest BCUT2D eigenvalue weighted by Crippen LogP contribution is -2.38. The van der Waals surface area contributed by atoms with E-state index in [0.29, 0.717) is 18.2 Å². The highest BCUT2D eigenvalue weighted by atomic mass is 16.5. The minimum Gasteiger partial charge on any atom is -0.380 e. The van der Waals surface area contributed by atoms with Gasteiger partial charge in [-0.15, -0.1) is 0 Å². The summed E-state index contributed by atoms with van der Waals surface area (Å²) >= 11 is 0. The van der Waals surface area contributed by atoms with Gasteiger partial charge in [-0.05, 0) is 68.6 Å². The van der Waals surface area contributed by atoms with E-state index in [1.165, 1.54) is 50.5 Å². The molecular formula is C18H27NO. The predicted octanol–water partition coefficient (Wildman–Crippen LogP) is 3.78. The molecule has 0 amide bonds. The topological polar surface area (TPSA) is 21.3 Å². The molecule has 110 valence electrons. The zero-order valence-electron chi connectivity index (χ0n) is 12.8. The van der Waals surface area contributed by atoms with Crippen molar-refractivity contribution in [3.05, 3.63) is 34.9 Å². The first-order valence-electron chi connectivity index (χ1n) is 8.18. The fraction of sp³-hybridized carbons (Fsp3) is 0.667. The van der Waals surface area contributed by atoms with E-state index in [4.69, 9.17) is 4.74 Å². The highest BCUT2D eigenvalue weighted by molar-refractivity contribution is 5.35. The third-order valence-electron chi connectivity index (χ3n) is 5.09. The molecule has 3 atom stereocenters. The minimum absolute atomic E-state index is 0.398. The van der Waals surface area contributed by atoms with Gasteiger partial charge in [0.25, 0.3) is 0 Å². The van der Waals surface area contributed by atoms with Gasteiger partial charge >= 0.3 is 0 Å². The van der Waals surface area contributed by atoms with Crippen LogP contribution in [0, 0.1) is 0 Å². The van der Waals surface area contributed by atoms with Crippen LogP contribution in [0.25, 0.3) is 0 Å². The highest BCUT2D eigenvalue weighted by Crippen LogP contribution is 2.27.